The Hall–Kier alpha value is -2.94. The van der Waals surface area contributed by atoms with E-state index in [0.29, 0.717) is 6.54 Å². The van der Waals surface area contributed by atoms with E-state index in [1.165, 1.54) is 10.4 Å². The van der Waals surface area contributed by atoms with Crippen molar-refractivity contribution in [1.29, 1.82) is 0 Å². The number of hydrogen-bond acceptors (Lipinski definition) is 6. The van der Waals surface area contributed by atoms with Crippen molar-refractivity contribution in [2.75, 3.05) is 27.2 Å². The van der Waals surface area contributed by atoms with Crippen molar-refractivity contribution in [3.8, 4) is 5.75 Å². The van der Waals surface area contributed by atoms with E-state index < -0.39 is 0 Å². The van der Waals surface area contributed by atoms with Crippen LogP contribution in [-0.2, 0) is 26.4 Å². The lowest BCUT2D eigenvalue weighted by molar-refractivity contribution is 0.414. The van der Waals surface area contributed by atoms with Gasteiger partial charge >= 0.3 is 0 Å². The Bertz CT molecular complexity index is 994. The van der Waals surface area contributed by atoms with Crippen LogP contribution in [0.1, 0.15) is 27.1 Å². The lowest BCUT2D eigenvalue weighted by atomic mass is 10.1. The Morgan fingerprint density at radius 2 is 1.97 bits per heavy atom. The average Bonchev–Trinajstić information content (AvgIpc) is 3.34. The van der Waals surface area contributed by atoms with Crippen molar-refractivity contribution in [3.63, 3.8) is 0 Å². The van der Waals surface area contributed by atoms with Gasteiger partial charge in [-0.2, -0.15) is 0 Å². The summed E-state index contributed by atoms with van der Waals surface area (Å²) in [6.07, 6.45) is 3.71. The molecule has 31 heavy (non-hydrogen) atoms. The quantitative estimate of drug-likeness (QED) is 0.406. The first-order valence-corrected chi connectivity index (χ1v) is 11.2. The number of likely N-dealkylation sites (N-methyl/N-ethyl adjacent to an activating group) is 1. The second-order valence-corrected chi connectivity index (χ2v) is 8.74. The molecule has 0 atom stereocenters. The highest BCUT2D eigenvalue weighted by Gasteiger charge is 2.10. The molecule has 3 aromatic rings. The van der Waals surface area contributed by atoms with Crippen LogP contribution >= 0.6 is 11.3 Å². The summed E-state index contributed by atoms with van der Waals surface area (Å²) >= 11 is 1.74. The predicted molar refractivity (Wildman–Crippen MR) is 125 cm³/mol. The number of aromatic nitrogens is 4. The number of methoxy groups -OCH3 is 1. The average molecular weight is 442 g/mol. The number of hydrogen-bond donors (Lipinski definition) is 1. The number of nitrogens with one attached hydrogen (secondary N) is 1. The number of ether oxygens (including phenoxy) is 1. The van der Waals surface area contributed by atoms with E-state index in [2.05, 4.69) is 51.5 Å². The van der Waals surface area contributed by atoms with Gasteiger partial charge in [0.1, 0.15) is 18.1 Å². The first kappa shape index (κ1) is 22.7. The van der Waals surface area contributed by atoms with Crippen molar-refractivity contribution in [2.24, 2.45) is 12.0 Å². The van der Waals surface area contributed by atoms with Crippen LogP contribution in [0.25, 0.3) is 0 Å². The minimum Gasteiger partial charge on any atom is -0.497 e. The minimum atomic E-state index is 0.475. The molecule has 0 aliphatic heterocycles. The van der Waals surface area contributed by atoms with Crippen LogP contribution in [0.5, 0.6) is 5.75 Å². The van der Waals surface area contributed by atoms with Gasteiger partial charge in [-0.3, -0.25) is 0 Å². The molecule has 9 heteroatoms. The molecule has 0 radical (unpaired) electrons. The van der Waals surface area contributed by atoms with Crippen molar-refractivity contribution < 1.29 is 4.74 Å². The SMILES string of the molecule is COc1ccc(CCNC(=NCc2nnc(C)n2C)N(C)CCc2ncc(C)s2)cc1. The van der Waals surface area contributed by atoms with Gasteiger partial charge in [0.2, 0.25) is 0 Å². The summed E-state index contributed by atoms with van der Waals surface area (Å²) in [7, 11) is 5.70. The van der Waals surface area contributed by atoms with Crippen LogP contribution in [0.4, 0.5) is 0 Å². The fourth-order valence-corrected chi connectivity index (χ4v) is 3.82. The molecule has 2 aromatic heterocycles. The number of aliphatic imine (C=N–C) groups is 1. The number of rotatable bonds is 9. The maximum Gasteiger partial charge on any atom is 0.194 e. The van der Waals surface area contributed by atoms with E-state index in [1.54, 1.807) is 18.4 Å². The molecule has 0 fully saturated rings. The van der Waals surface area contributed by atoms with Gasteiger partial charge in [-0.1, -0.05) is 12.1 Å². The Morgan fingerprint density at radius 3 is 2.58 bits per heavy atom. The van der Waals surface area contributed by atoms with Gasteiger partial charge in [0.25, 0.3) is 0 Å². The largest absolute Gasteiger partial charge is 0.497 e. The molecule has 0 amide bonds. The molecule has 0 unspecified atom stereocenters. The van der Waals surface area contributed by atoms with E-state index in [0.717, 1.165) is 54.3 Å². The fourth-order valence-electron chi connectivity index (χ4n) is 3.04. The van der Waals surface area contributed by atoms with Gasteiger partial charge in [-0.15, -0.1) is 21.5 Å². The number of aryl methyl sites for hydroxylation is 2. The van der Waals surface area contributed by atoms with Gasteiger partial charge in [0.05, 0.1) is 12.1 Å². The summed E-state index contributed by atoms with van der Waals surface area (Å²) in [6, 6.07) is 8.16. The molecule has 0 saturated heterocycles. The summed E-state index contributed by atoms with van der Waals surface area (Å²) in [5.74, 6) is 3.44. The summed E-state index contributed by atoms with van der Waals surface area (Å²) < 4.78 is 7.20. The highest BCUT2D eigenvalue weighted by Crippen LogP contribution is 2.13. The second kappa shape index (κ2) is 10.9. The van der Waals surface area contributed by atoms with Gasteiger partial charge in [-0.05, 0) is 38.0 Å². The van der Waals surface area contributed by atoms with Gasteiger partial charge in [0, 0.05) is 44.7 Å². The first-order chi connectivity index (χ1) is 15.0. The number of thiazole rings is 1. The van der Waals surface area contributed by atoms with E-state index in [-0.39, 0.29) is 0 Å². The molecule has 8 nitrogen and oxygen atoms in total. The highest BCUT2D eigenvalue weighted by atomic mass is 32.1. The van der Waals surface area contributed by atoms with Crippen molar-refractivity contribution in [3.05, 3.63) is 57.6 Å². The van der Waals surface area contributed by atoms with Crippen LogP contribution in [-0.4, -0.2) is 57.9 Å². The van der Waals surface area contributed by atoms with Crippen molar-refractivity contribution >= 4 is 17.3 Å². The van der Waals surface area contributed by atoms with Crippen molar-refractivity contribution in [2.45, 2.75) is 33.2 Å². The predicted octanol–water partition coefficient (Wildman–Crippen LogP) is 2.76. The van der Waals surface area contributed by atoms with Crippen LogP contribution in [0.3, 0.4) is 0 Å². The Labute approximate surface area is 188 Å². The molecule has 2 heterocycles. The summed E-state index contributed by atoms with van der Waals surface area (Å²) in [4.78, 5) is 12.7. The fraction of sp³-hybridized carbons (Fsp3) is 0.455. The van der Waals surface area contributed by atoms with Gasteiger partial charge in [0.15, 0.2) is 11.8 Å². The first-order valence-electron chi connectivity index (χ1n) is 10.3. The normalized spacial score (nSPS) is 11.6. The Kier molecular flexibility index (Phi) is 8.00. The van der Waals surface area contributed by atoms with Gasteiger partial charge < -0.3 is 19.5 Å². The lowest BCUT2D eigenvalue weighted by Gasteiger charge is -2.22. The third-order valence-electron chi connectivity index (χ3n) is 5.10. The van der Waals surface area contributed by atoms with Crippen LogP contribution in [0, 0.1) is 13.8 Å². The monoisotopic (exact) mass is 441 g/mol. The van der Waals surface area contributed by atoms with E-state index in [1.807, 2.05) is 36.9 Å². The zero-order chi connectivity index (χ0) is 22.2. The van der Waals surface area contributed by atoms with E-state index in [4.69, 9.17) is 9.73 Å². The summed E-state index contributed by atoms with van der Waals surface area (Å²) in [5.41, 5.74) is 1.25. The molecule has 0 saturated carbocycles. The second-order valence-electron chi connectivity index (χ2n) is 7.42. The Morgan fingerprint density at radius 1 is 1.19 bits per heavy atom. The zero-order valence-corrected chi connectivity index (χ0v) is 19.7. The van der Waals surface area contributed by atoms with Crippen LogP contribution in [0.15, 0.2) is 35.5 Å². The van der Waals surface area contributed by atoms with E-state index >= 15 is 0 Å². The number of guanidine groups is 1. The topological polar surface area (TPSA) is 80.5 Å². The molecular formula is C22H31N7OS. The maximum absolute atomic E-state index is 5.23. The third-order valence-corrected chi connectivity index (χ3v) is 6.07. The van der Waals surface area contributed by atoms with Crippen molar-refractivity contribution in [1.82, 2.24) is 30.0 Å². The third kappa shape index (κ3) is 6.52. The lowest BCUT2D eigenvalue weighted by Crippen LogP contribution is -2.41. The number of nitrogens with zero attached hydrogens (tertiary/aromatic N) is 6. The molecule has 0 spiro atoms. The zero-order valence-electron chi connectivity index (χ0n) is 18.9. The minimum absolute atomic E-state index is 0.475. The maximum atomic E-state index is 5.23. The highest BCUT2D eigenvalue weighted by molar-refractivity contribution is 7.11. The smallest absolute Gasteiger partial charge is 0.194 e. The summed E-state index contributed by atoms with van der Waals surface area (Å²) in [5, 5.41) is 13.0. The van der Waals surface area contributed by atoms with E-state index in [9.17, 15) is 0 Å². The molecule has 0 aliphatic carbocycles. The van der Waals surface area contributed by atoms with Crippen LogP contribution < -0.4 is 10.1 Å². The molecule has 3 rings (SSSR count). The molecule has 166 valence electrons. The van der Waals surface area contributed by atoms with Gasteiger partial charge in [-0.25, -0.2) is 9.98 Å². The van der Waals surface area contributed by atoms with Crippen LogP contribution in [0.2, 0.25) is 0 Å². The molecule has 1 N–H and O–H groups in total. The molecular weight excluding hydrogens is 410 g/mol. The molecule has 0 bridgehead atoms. The number of benzene rings is 1. The molecule has 1 aromatic carbocycles. The Balaban J connectivity index is 1.63. The molecule has 0 aliphatic rings. The summed E-state index contributed by atoms with van der Waals surface area (Å²) in [6.45, 7) is 6.11. The standard InChI is InChI=1S/C22H31N7OS/c1-16-14-24-21(31-16)11-13-28(3)22(25-15-20-27-26-17(2)29(20)4)23-12-10-18-6-8-19(30-5)9-7-18/h6-9,14H,10-13,15H2,1-5H3,(H,23,25).